The maximum atomic E-state index is 14.9. The Labute approximate surface area is 244 Å². The van der Waals surface area contributed by atoms with E-state index in [0.29, 0.717) is 22.3 Å². The van der Waals surface area contributed by atoms with Gasteiger partial charge in [-0.1, -0.05) is 29.8 Å². The fourth-order valence-electron chi connectivity index (χ4n) is 4.49. The Kier molecular flexibility index (Phi) is 9.48. The zero-order chi connectivity index (χ0) is 31.5. The second-order valence-electron chi connectivity index (χ2n) is 9.53. The first-order valence-electron chi connectivity index (χ1n) is 12.7. The van der Waals surface area contributed by atoms with Crippen LogP contribution in [-0.2, 0) is 16.6 Å². The van der Waals surface area contributed by atoms with E-state index >= 15 is 0 Å². The Balaban J connectivity index is 1.77. The van der Waals surface area contributed by atoms with E-state index < -0.39 is 46.4 Å². The first kappa shape index (κ1) is 31.6. The number of halogens is 5. The van der Waals surface area contributed by atoms with Crippen molar-refractivity contribution in [3.8, 4) is 28.0 Å². The summed E-state index contributed by atoms with van der Waals surface area (Å²) in [6.07, 6.45) is -2.66. The Morgan fingerprint density at radius 1 is 0.884 bits per heavy atom. The van der Waals surface area contributed by atoms with E-state index in [4.69, 9.17) is 9.88 Å². The number of amides is 1. The summed E-state index contributed by atoms with van der Waals surface area (Å²) < 4.78 is 97.2. The van der Waals surface area contributed by atoms with Gasteiger partial charge >= 0.3 is 0 Å². The molecule has 4 aromatic rings. The van der Waals surface area contributed by atoms with Gasteiger partial charge in [0.15, 0.2) is 17.5 Å². The van der Waals surface area contributed by atoms with Gasteiger partial charge in [0.05, 0.1) is 13.7 Å². The zero-order valence-electron chi connectivity index (χ0n) is 22.9. The van der Waals surface area contributed by atoms with Crippen molar-refractivity contribution < 1.29 is 39.9 Å². The topological polar surface area (TPSA) is 111 Å². The van der Waals surface area contributed by atoms with Crippen LogP contribution in [0, 0.1) is 24.4 Å². The summed E-state index contributed by atoms with van der Waals surface area (Å²) in [6, 6.07) is 15.0. The molecule has 0 radical (unpaired) electrons. The van der Waals surface area contributed by atoms with Crippen molar-refractivity contribution in [1.29, 1.82) is 0 Å². The van der Waals surface area contributed by atoms with Gasteiger partial charge < -0.3 is 15.4 Å². The highest BCUT2D eigenvalue weighted by molar-refractivity contribution is 7.89. The molecule has 0 aliphatic rings. The lowest BCUT2D eigenvalue weighted by Crippen LogP contribution is -2.21. The predicted molar refractivity (Wildman–Crippen MR) is 152 cm³/mol. The lowest BCUT2D eigenvalue weighted by Gasteiger charge is -2.18. The van der Waals surface area contributed by atoms with Crippen molar-refractivity contribution in [1.82, 2.24) is 5.32 Å². The number of hydrogen-bond donors (Lipinski definition) is 3. The SMILES string of the molecule is COc1cc(NC(=O)c2ccc(-c3ccc(C)cc3-c3ccc(F)c(F)c3F)c(CNCC(F)F)c2)ccc1S(N)(=O)=O. The molecule has 7 nitrogen and oxygen atoms in total. The third kappa shape index (κ3) is 7.19. The summed E-state index contributed by atoms with van der Waals surface area (Å²) in [5.41, 5.74) is 2.21. The van der Waals surface area contributed by atoms with Gasteiger partial charge in [0.1, 0.15) is 10.6 Å². The molecule has 13 heteroatoms. The summed E-state index contributed by atoms with van der Waals surface area (Å²) in [5, 5.41) is 10.4. The molecule has 0 atom stereocenters. The fourth-order valence-corrected chi connectivity index (χ4v) is 5.17. The number of primary sulfonamides is 1. The molecule has 226 valence electrons. The number of carbonyl (C=O) groups is 1. The minimum absolute atomic E-state index is 0.0936. The van der Waals surface area contributed by atoms with Gasteiger partial charge in [-0.2, -0.15) is 0 Å². The smallest absolute Gasteiger partial charge is 0.255 e. The molecular formula is C30H26F5N3O4S. The largest absolute Gasteiger partial charge is 0.495 e. The second kappa shape index (κ2) is 12.9. The zero-order valence-corrected chi connectivity index (χ0v) is 23.7. The molecule has 4 rings (SSSR count). The molecule has 0 aromatic heterocycles. The first-order valence-corrected chi connectivity index (χ1v) is 14.2. The molecular weight excluding hydrogens is 593 g/mol. The Morgan fingerprint density at radius 3 is 2.26 bits per heavy atom. The van der Waals surface area contributed by atoms with Crippen molar-refractivity contribution in [2.75, 3.05) is 19.0 Å². The maximum absolute atomic E-state index is 14.9. The number of sulfonamides is 1. The number of hydrogen-bond acceptors (Lipinski definition) is 5. The van der Waals surface area contributed by atoms with Crippen LogP contribution in [-0.4, -0.2) is 34.4 Å². The predicted octanol–water partition coefficient (Wildman–Crippen LogP) is 6.01. The molecule has 0 saturated heterocycles. The molecule has 0 aliphatic heterocycles. The molecule has 1 amide bonds. The van der Waals surface area contributed by atoms with Gasteiger partial charge in [-0.15, -0.1) is 0 Å². The average molecular weight is 620 g/mol. The summed E-state index contributed by atoms with van der Waals surface area (Å²) in [6.45, 7) is 0.962. The molecule has 0 fully saturated rings. The van der Waals surface area contributed by atoms with Gasteiger partial charge in [0, 0.05) is 29.4 Å². The van der Waals surface area contributed by atoms with Crippen molar-refractivity contribution in [2.24, 2.45) is 5.14 Å². The van der Waals surface area contributed by atoms with E-state index in [1.807, 2.05) is 0 Å². The normalized spacial score (nSPS) is 11.6. The fraction of sp³-hybridized carbons (Fsp3) is 0.167. The maximum Gasteiger partial charge on any atom is 0.255 e. The minimum atomic E-state index is -4.09. The number of aryl methyl sites for hydroxylation is 1. The molecule has 4 N–H and O–H groups in total. The average Bonchev–Trinajstić information content (AvgIpc) is 2.95. The molecule has 0 aliphatic carbocycles. The van der Waals surface area contributed by atoms with Crippen molar-refractivity contribution in [2.45, 2.75) is 24.8 Å². The van der Waals surface area contributed by atoms with Crippen LogP contribution in [0.4, 0.5) is 27.6 Å². The molecule has 0 heterocycles. The van der Waals surface area contributed by atoms with E-state index in [-0.39, 0.29) is 39.6 Å². The summed E-state index contributed by atoms with van der Waals surface area (Å²) in [7, 11) is -2.85. The lowest BCUT2D eigenvalue weighted by molar-refractivity contribution is 0.102. The Bertz CT molecular complexity index is 1800. The Hall–Kier alpha value is -4.33. The highest BCUT2D eigenvalue weighted by Crippen LogP contribution is 2.37. The number of methoxy groups -OCH3 is 1. The second-order valence-corrected chi connectivity index (χ2v) is 11.1. The van der Waals surface area contributed by atoms with Crippen LogP contribution in [0.1, 0.15) is 21.5 Å². The van der Waals surface area contributed by atoms with Crippen LogP contribution in [0.5, 0.6) is 5.75 Å². The quantitative estimate of drug-likeness (QED) is 0.149. The monoisotopic (exact) mass is 619 g/mol. The number of nitrogens with two attached hydrogens (primary N) is 1. The summed E-state index contributed by atoms with van der Waals surface area (Å²) in [4.78, 5) is 12.9. The van der Waals surface area contributed by atoms with Gasteiger partial charge in [0.2, 0.25) is 10.0 Å². The highest BCUT2D eigenvalue weighted by atomic mass is 32.2. The number of benzene rings is 4. The Morgan fingerprint density at radius 2 is 1.58 bits per heavy atom. The van der Waals surface area contributed by atoms with Crippen LogP contribution in [0.2, 0.25) is 0 Å². The van der Waals surface area contributed by atoms with E-state index in [1.165, 1.54) is 43.5 Å². The first-order chi connectivity index (χ1) is 20.3. The van der Waals surface area contributed by atoms with E-state index in [9.17, 15) is 35.2 Å². The molecule has 0 unspecified atom stereocenters. The summed E-state index contributed by atoms with van der Waals surface area (Å²) >= 11 is 0. The third-order valence-electron chi connectivity index (χ3n) is 6.50. The molecule has 4 aromatic carbocycles. The highest BCUT2D eigenvalue weighted by Gasteiger charge is 2.21. The lowest BCUT2D eigenvalue weighted by atomic mass is 9.89. The van der Waals surface area contributed by atoms with Crippen molar-refractivity contribution >= 4 is 21.6 Å². The standard InChI is InChI=1S/C30H26F5N3O4S/c1-16-3-6-21(23(11-16)22-8-9-24(31)29(35)28(22)34)20-7-4-17(12-18(20)14-37-15-27(32)33)30(39)38-19-5-10-26(43(36,40)41)25(13-19)42-2/h3-13,27,37H,14-15H2,1-2H3,(H,38,39)(H2,36,40,41). The van der Waals surface area contributed by atoms with E-state index in [1.54, 1.807) is 25.1 Å². The van der Waals surface area contributed by atoms with Crippen molar-refractivity contribution in [3.05, 3.63) is 101 Å². The molecule has 0 saturated carbocycles. The number of rotatable bonds is 10. The van der Waals surface area contributed by atoms with Crippen molar-refractivity contribution in [3.63, 3.8) is 0 Å². The third-order valence-corrected chi connectivity index (χ3v) is 7.45. The van der Waals surface area contributed by atoms with Crippen LogP contribution < -0.4 is 20.5 Å². The van der Waals surface area contributed by atoms with Crippen LogP contribution in [0.25, 0.3) is 22.3 Å². The van der Waals surface area contributed by atoms with Crippen LogP contribution in [0.15, 0.2) is 71.6 Å². The molecule has 43 heavy (non-hydrogen) atoms. The van der Waals surface area contributed by atoms with E-state index in [2.05, 4.69) is 10.6 Å². The van der Waals surface area contributed by atoms with Crippen LogP contribution in [0.3, 0.4) is 0 Å². The number of alkyl halides is 2. The minimum Gasteiger partial charge on any atom is -0.495 e. The van der Waals surface area contributed by atoms with Gasteiger partial charge in [-0.05, 0) is 65.6 Å². The number of ether oxygens (including phenoxy) is 1. The number of anilines is 1. The van der Waals surface area contributed by atoms with E-state index in [0.717, 1.165) is 12.1 Å². The molecule has 0 spiro atoms. The van der Waals surface area contributed by atoms with Gasteiger partial charge in [-0.25, -0.2) is 35.5 Å². The number of nitrogens with one attached hydrogen (secondary N) is 2. The number of carbonyl (C=O) groups excluding carboxylic acids is 1. The van der Waals surface area contributed by atoms with Gasteiger partial charge in [-0.3, -0.25) is 4.79 Å². The van der Waals surface area contributed by atoms with Crippen LogP contribution >= 0.6 is 0 Å². The summed E-state index contributed by atoms with van der Waals surface area (Å²) in [5.74, 6) is -5.08. The van der Waals surface area contributed by atoms with Gasteiger partial charge in [0.25, 0.3) is 12.3 Å². The molecule has 0 bridgehead atoms.